The molecule has 3 aliphatic rings. The number of hydrogen-bond acceptors (Lipinski definition) is 5. The molecule has 6 rings (SSSR count). The molecule has 1 N–H and O–H groups in total. The van der Waals surface area contributed by atoms with Gasteiger partial charge >= 0.3 is 0 Å². The lowest BCUT2D eigenvalue weighted by Gasteiger charge is -2.51. The zero-order chi connectivity index (χ0) is 23.1. The van der Waals surface area contributed by atoms with Gasteiger partial charge in [0.05, 0.1) is 18.8 Å². The van der Waals surface area contributed by atoms with E-state index in [0.29, 0.717) is 0 Å². The monoisotopic (exact) mass is 473 g/mol. The molecular formula is C28H28ClN3O2. The van der Waals surface area contributed by atoms with Gasteiger partial charge in [0.15, 0.2) is 5.72 Å². The number of nitrogens with one attached hydrogen (secondary N) is 1. The number of piperidine rings is 1. The van der Waals surface area contributed by atoms with E-state index >= 15 is 0 Å². The minimum Gasteiger partial charge on any atom is -0.497 e. The fourth-order valence-corrected chi connectivity index (χ4v) is 5.51. The second-order valence-corrected chi connectivity index (χ2v) is 9.66. The number of rotatable bonds is 4. The molecular weight excluding hydrogens is 446 g/mol. The first-order chi connectivity index (χ1) is 16.6. The van der Waals surface area contributed by atoms with E-state index in [0.717, 1.165) is 65.8 Å². The van der Waals surface area contributed by atoms with Crippen LogP contribution in [0.1, 0.15) is 35.6 Å². The second kappa shape index (κ2) is 8.66. The van der Waals surface area contributed by atoms with Gasteiger partial charge in [0, 0.05) is 43.1 Å². The van der Waals surface area contributed by atoms with Crippen molar-refractivity contribution in [2.45, 2.75) is 31.2 Å². The molecule has 3 aromatic carbocycles. The van der Waals surface area contributed by atoms with E-state index in [9.17, 15) is 0 Å². The SMILES string of the molecule is COc1ccc(C2=CC3c4cc(Cl)ccc4OC4(CCN(Cc5ccccc5)CC4)N3N2)cc1. The molecule has 0 radical (unpaired) electrons. The Labute approximate surface area is 205 Å². The Balaban J connectivity index is 1.29. The first-order valence-electron chi connectivity index (χ1n) is 11.8. The van der Waals surface area contributed by atoms with Crippen LogP contribution in [0.25, 0.3) is 5.70 Å². The van der Waals surface area contributed by atoms with Crippen molar-refractivity contribution in [2.75, 3.05) is 20.2 Å². The van der Waals surface area contributed by atoms with E-state index in [2.05, 4.69) is 63.9 Å². The van der Waals surface area contributed by atoms with E-state index in [1.165, 1.54) is 5.56 Å². The van der Waals surface area contributed by atoms with Gasteiger partial charge in [0.25, 0.3) is 0 Å². The average Bonchev–Trinajstić information content (AvgIpc) is 3.34. The van der Waals surface area contributed by atoms with Gasteiger partial charge in [0.2, 0.25) is 0 Å². The molecule has 6 heteroatoms. The lowest BCUT2D eigenvalue weighted by Crippen LogP contribution is -2.63. The zero-order valence-corrected chi connectivity index (χ0v) is 20.0. The molecule has 0 aliphatic carbocycles. The summed E-state index contributed by atoms with van der Waals surface area (Å²) in [7, 11) is 1.69. The van der Waals surface area contributed by atoms with Crippen LogP contribution in [0.15, 0.2) is 78.9 Å². The molecule has 1 unspecified atom stereocenters. The van der Waals surface area contributed by atoms with Crippen molar-refractivity contribution in [3.63, 3.8) is 0 Å². The van der Waals surface area contributed by atoms with Gasteiger partial charge in [-0.1, -0.05) is 41.9 Å². The fourth-order valence-electron chi connectivity index (χ4n) is 5.33. The molecule has 0 amide bonds. The molecule has 0 saturated carbocycles. The maximum Gasteiger partial charge on any atom is 0.182 e. The molecule has 0 aromatic heterocycles. The van der Waals surface area contributed by atoms with E-state index in [1.54, 1.807) is 7.11 Å². The number of hydrazine groups is 1. The largest absolute Gasteiger partial charge is 0.497 e. The standard InChI is InChI=1S/C28H28ClN3O2/c1-33-23-10-7-21(8-11-23)25-18-26-24-17-22(29)9-12-27(24)34-28(32(26)30-25)13-15-31(16-14-28)19-20-5-3-2-4-6-20/h2-12,17-18,26,30H,13-16,19H2,1H3. The van der Waals surface area contributed by atoms with E-state index in [4.69, 9.17) is 21.1 Å². The summed E-state index contributed by atoms with van der Waals surface area (Å²) in [6.45, 7) is 2.91. The zero-order valence-electron chi connectivity index (χ0n) is 19.2. The van der Waals surface area contributed by atoms with Crippen molar-refractivity contribution < 1.29 is 9.47 Å². The van der Waals surface area contributed by atoms with Gasteiger partial charge in [0.1, 0.15) is 11.5 Å². The fraction of sp³-hybridized carbons (Fsp3) is 0.286. The number of methoxy groups -OCH3 is 1. The van der Waals surface area contributed by atoms with Crippen LogP contribution in [-0.4, -0.2) is 35.8 Å². The van der Waals surface area contributed by atoms with Crippen LogP contribution in [0.5, 0.6) is 11.5 Å². The molecule has 1 spiro atoms. The Morgan fingerprint density at radius 2 is 1.79 bits per heavy atom. The molecule has 34 heavy (non-hydrogen) atoms. The summed E-state index contributed by atoms with van der Waals surface area (Å²) in [4.78, 5) is 2.52. The molecule has 3 heterocycles. The Morgan fingerprint density at radius 1 is 1.03 bits per heavy atom. The second-order valence-electron chi connectivity index (χ2n) is 9.23. The number of benzene rings is 3. The lowest BCUT2D eigenvalue weighted by atomic mass is 9.92. The Hall–Kier alpha value is -2.99. The van der Waals surface area contributed by atoms with Crippen molar-refractivity contribution in [2.24, 2.45) is 0 Å². The minimum atomic E-state index is -0.413. The van der Waals surface area contributed by atoms with Crippen LogP contribution < -0.4 is 14.9 Å². The summed E-state index contributed by atoms with van der Waals surface area (Å²) in [5.74, 6) is 1.78. The van der Waals surface area contributed by atoms with Crippen molar-refractivity contribution in [1.82, 2.24) is 15.3 Å². The number of ether oxygens (including phenoxy) is 2. The van der Waals surface area contributed by atoms with Crippen LogP contribution >= 0.6 is 11.6 Å². The van der Waals surface area contributed by atoms with Gasteiger partial charge in [-0.2, -0.15) is 5.01 Å². The van der Waals surface area contributed by atoms with Crippen LogP contribution in [0, 0.1) is 0 Å². The van der Waals surface area contributed by atoms with Crippen molar-refractivity contribution in [3.05, 3.63) is 101 Å². The van der Waals surface area contributed by atoms with E-state index < -0.39 is 5.72 Å². The highest BCUT2D eigenvalue weighted by Crippen LogP contribution is 2.49. The van der Waals surface area contributed by atoms with Crippen molar-refractivity contribution >= 4 is 17.3 Å². The van der Waals surface area contributed by atoms with Gasteiger partial charge in [-0.15, -0.1) is 0 Å². The van der Waals surface area contributed by atoms with Crippen molar-refractivity contribution in [3.8, 4) is 11.5 Å². The molecule has 3 aromatic rings. The molecule has 1 fully saturated rings. The average molecular weight is 474 g/mol. The smallest absolute Gasteiger partial charge is 0.182 e. The number of halogens is 1. The molecule has 1 atom stereocenters. The molecule has 1 saturated heterocycles. The quantitative estimate of drug-likeness (QED) is 0.531. The van der Waals surface area contributed by atoms with Gasteiger partial charge in [-0.25, -0.2) is 0 Å². The summed E-state index contributed by atoms with van der Waals surface area (Å²) >= 11 is 6.39. The van der Waals surface area contributed by atoms with Crippen molar-refractivity contribution in [1.29, 1.82) is 0 Å². The topological polar surface area (TPSA) is 37.0 Å². The van der Waals surface area contributed by atoms with Gasteiger partial charge in [-0.3, -0.25) is 4.90 Å². The summed E-state index contributed by atoms with van der Waals surface area (Å²) in [5.41, 5.74) is 7.93. The summed E-state index contributed by atoms with van der Waals surface area (Å²) in [6, 6.07) is 24.9. The summed E-state index contributed by atoms with van der Waals surface area (Å²) in [5, 5.41) is 3.03. The summed E-state index contributed by atoms with van der Waals surface area (Å²) in [6.07, 6.45) is 4.11. The Bertz CT molecular complexity index is 1200. The van der Waals surface area contributed by atoms with E-state index in [-0.39, 0.29) is 6.04 Å². The molecule has 3 aliphatic heterocycles. The lowest BCUT2D eigenvalue weighted by molar-refractivity contribution is -0.160. The van der Waals surface area contributed by atoms with Gasteiger partial charge in [-0.05, 0) is 59.7 Å². The number of fused-ring (bicyclic) bond motifs is 4. The highest BCUT2D eigenvalue weighted by molar-refractivity contribution is 6.30. The number of hydrogen-bond donors (Lipinski definition) is 1. The highest BCUT2D eigenvalue weighted by Gasteiger charge is 2.51. The third-order valence-electron chi connectivity index (χ3n) is 7.16. The summed E-state index contributed by atoms with van der Waals surface area (Å²) < 4.78 is 12.1. The third kappa shape index (κ3) is 3.84. The molecule has 174 valence electrons. The minimum absolute atomic E-state index is 0.0558. The maximum atomic E-state index is 6.77. The Morgan fingerprint density at radius 3 is 2.53 bits per heavy atom. The predicted molar refractivity (Wildman–Crippen MR) is 134 cm³/mol. The van der Waals surface area contributed by atoms with E-state index in [1.807, 2.05) is 30.3 Å². The predicted octanol–water partition coefficient (Wildman–Crippen LogP) is 5.64. The first kappa shape index (κ1) is 21.5. The molecule has 5 nitrogen and oxygen atoms in total. The Kier molecular flexibility index (Phi) is 5.48. The molecule has 0 bridgehead atoms. The van der Waals surface area contributed by atoms with Crippen LogP contribution in [-0.2, 0) is 6.54 Å². The first-order valence-corrected chi connectivity index (χ1v) is 12.2. The van der Waals surface area contributed by atoms with Gasteiger partial charge < -0.3 is 14.9 Å². The number of likely N-dealkylation sites (tertiary alicyclic amines) is 1. The van der Waals surface area contributed by atoms with Crippen LogP contribution in [0.2, 0.25) is 5.02 Å². The number of nitrogens with zero attached hydrogens (tertiary/aromatic N) is 2. The normalized spacial score (nSPS) is 21.2. The maximum absolute atomic E-state index is 6.77. The third-order valence-corrected chi connectivity index (χ3v) is 7.40. The van der Waals surface area contributed by atoms with Crippen LogP contribution in [0.3, 0.4) is 0 Å². The highest BCUT2D eigenvalue weighted by atomic mass is 35.5. The van der Waals surface area contributed by atoms with Crippen LogP contribution in [0.4, 0.5) is 0 Å².